The van der Waals surface area contributed by atoms with Crippen molar-refractivity contribution in [3.05, 3.63) is 66.1 Å². The highest BCUT2D eigenvalue weighted by Crippen LogP contribution is 2.21. The first kappa shape index (κ1) is 18.5. The Morgan fingerprint density at radius 1 is 1.07 bits per heavy atom. The first-order valence-corrected chi connectivity index (χ1v) is 8.56. The van der Waals surface area contributed by atoms with Gasteiger partial charge in [-0.2, -0.15) is 0 Å². The van der Waals surface area contributed by atoms with Crippen LogP contribution in [0.5, 0.6) is 0 Å². The van der Waals surface area contributed by atoms with Crippen LogP contribution in [-0.4, -0.2) is 42.0 Å². The number of hydrogen-bond acceptors (Lipinski definition) is 5. The number of aromatic nitrogens is 2. The molecule has 0 aliphatic heterocycles. The summed E-state index contributed by atoms with van der Waals surface area (Å²) in [6.07, 6.45) is 5.25. The number of ether oxygens (including phenoxy) is 1. The number of amides is 2. The van der Waals surface area contributed by atoms with Gasteiger partial charge in [0.1, 0.15) is 0 Å². The van der Waals surface area contributed by atoms with Crippen LogP contribution < -0.4 is 10.6 Å². The van der Waals surface area contributed by atoms with Gasteiger partial charge in [-0.05, 0) is 24.6 Å². The molecular formula is C20H20N4O3. The van der Waals surface area contributed by atoms with Crippen LogP contribution in [0.15, 0.2) is 55.0 Å². The summed E-state index contributed by atoms with van der Waals surface area (Å²) in [5, 5.41) is 6.54. The van der Waals surface area contributed by atoms with Crippen molar-refractivity contribution in [3.63, 3.8) is 0 Å². The molecule has 0 unspecified atom stereocenters. The zero-order valence-corrected chi connectivity index (χ0v) is 14.9. The van der Waals surface area contributed by atoms with Gasteiger partial charge in [-0.25, -0.2) is 0 Å². The van der Waals surface area contributed by atoms with Gasteiger partial charge in [0.25, 0.3) is 11.8 Å². The highest BCUT2D eigenvalue weighted by atomic mass is 16.5. The molecule has 2 amide bonds. The minimum atomic E-state index is -0.352. The van der Waals surface area contributed by atoms with Gasteiger partial charge in [0.05, 0.1) is 22.3 Å². The number of rotatable bonds is 7. The number of anilines is 1. The minimum Gasteiger partial charge on any atom is -0.385 e. The molecule has 1 aromatic carbocycles. The van der Waals surface area contributed by atoms with E-state index in [1.54, 1.807) is 19.4 Å². The Balaban J connectivity index is 1.72. The van der Waals surface area contributed by atoms with Gasteiger partial charge in [-0.3, -0.25) is 19.6 Å². The third-order valence-electron chi connectivity index (χ3n) is 3.95. The highest BCUT2D eigenvalue weighted by Gasteiger charge is 2.13. The Labute approximate surface area is 156 Å². The number of carbonyl (C=O) groups is 2. The average molecular weight is 364 g/mol. The van der Waals surface area contributed by atoms with Gasteiger partial charge < -0.3 is 15.4 Å². The largest absolute Gasteiger partial charge is 0.385 e. The van der Waals surface area contributed by atoms with E-state index >= 15 is 0 Å². The number of nitrogens with zero attached hydrogens (tertiary/aromatic N) is 2. The molecule has 27 heavy (non-hydrogen) atoms. The first-order valence-electron chi connectivity index (χ1n) is 8.56. The van der Waals surface area contributed by atoms with E-state index in [0.717, 1.165) is 5.39 Å². The van der Waals surface area contributed by atoms with Gasteiger partial charge in [0, 0.05) is 44.2 Å². The molecule has 138 valence electrons. The fourth-order valence-corrected chi connectivity index (χ4v) is 2.61. The summed E-state index contributed by atoms with van der Waals surface area (Å²) < 4.78 is 4.95. The smallest absolute Gasteiger partial charge is 0.257 e. The molecule has 0 saturated carbocycles. The minimum absolute atomic E-state index is 0.278. The van der Waals surface area contributed by atoms with Crippen LogP contribution in [0.25, 0.3) is 10.9 Å². The number of carbonyl (C=O) groups excluding carboxylic acids is 2. The number of nitrogens with one attached hydrogen (secondary N) is 2. The molecule has 0 fully saturated rings. The Morgan fingerprint density at radius 3 is 2.67 bits per heavy atom. The van der Waals surface area contributed by atoms with E-state index < -0.39 is 0 Å². The van der Waals surface area contributed by atoms with E-state index in [-0.39, 0.29) is 11.8 Å². The van der Waals surface area contributed by atoms with Gasteiger partial charge in [-0.15, -0.1) is 0 Å². The van der Waals surface area contributed by atoms with E-state index in [1.807, 2.05) is 24.3 Å². The predicted molar refractivity (Wildman–Crippen MR) is 103 cm³/mol. The molecule has 3 rings (SSSR count). The number of methoxy groups -OCH3 is 1. The number of hydrogen-bond donors (Lipinski definition) is 2. The molecule has 0 spiro atoms. The van der Waals surface area contributed by atoms with Crippen LogP contribution in [0, 0.1) is 0 Å². The van der Waals surface area contributed by atoms with Gasteiger partial charge in [0.2, 0.25) is 0 Å². The van der Waals surface area contributed by atoms with E-state index in [0.29, 0.717) is 41.9 Å². The summed E-state index contributed by atoms with van der Waals surface area (Å²) in [5.41, 5.74) is 1.93. The Kier molecular flexibility index (Phi) is 6.06. The van der Waals surface area contributed by atoms with Gasteiger partial charge in [0.15, 0.2) is 0 Å². The molecule has 2 N–H and O–H groups in total. The second-order valence-electron chi connectivity index (χ2n) is 5.90. The maximum absolute atomic E-state index is 12.6. The van der Waals surface area contributed by atoms with Crippen molar-refractivity contribution in [2.75, 3.05) is 25.6 Å². The molecule has 3 aromatic rings. The monoisotopic (exact) mass is 364 g/mol. The quantitative estimate of drug-likeness (QED) is 0.629. The van der Waals surface area contributed by atoms with E-state index in [1.165, 1.54) is 18.5 Å². The zero-order chi connectivity index (χ0) is 19.1. The lowest BCUT2D eigenvalue weighted by Crippen LogP contribution is -2.25. The van der Waals surface area contributed by atoms with Crippen LogP contribution >= 0.6 is 0 Å². The summed E-state index contributed by atoms with van der Waals surface area (Å²) in [6, 6.07) is 10.8. The second-order valence-corrected chi connectivity index (χ2v) is 5.90. The van der Waals surface area contributed by atoms with Crippen molar-refractivity contribution in [1.29, 1.82) is 0 Å². The molecular weight excluding hydrogens is 344 g/mol. The molecule has 0 aliphatic carbocycles. The summed E-state index contributed by atoms with van der Waals surface area (Å²) in [7, 11) is 1.61. The lowest BCUT2D eigenvalue weighted by Gasteiger charge is -2.09. The van der Waals surface area contributed by atoms with Crippen LogP contribution in [0.4, 0.5) is 5.69 Å². The van der Waals surface area contributed by atoms with Crippen LogP contribution in [-0.2, 0) is 4.74 Å². The third kappa shape index (κ3) is 4.65. The Hall–Kier alpha value is -3.32. The van der Waals surface area contributed by atoms with Crippen LogP contribution in [0.1, 0.15) is 27.1 Å². The summed E-state index contributed by atoms with van der Waals surface area (Å²) in [4.78, 5) is 33.1. The summed E-state index contributed by atoms with van der Waals surface area (Å²) >= 11 is 0. The van der Waals surface area contributed by atoms with Crippen molar-refractivity contribution in [1.82, 2.24) is 15.3 Å². The predicted octanol–water partition coefficient (Wildman–Crippen LogP) is 2.65. The Bertz CT molecular complexity index is 953. The van der Waals surface area contributed by atoms with Crippen molar-refractivity contribution >= 4 is 28.4 Å². The van der Waals surface area contributed by atoms with Gasteiger partial charge in [-0.1, -0.05) is 18.2 Å². The fraction of sp³-hybridized carbons (Fsp3) is 0.200. The molecule has 2 aromatic heterocycles. The highest BCUT2D eigenvalue weighted by molar-refractivity contribution is 6.09. The molecule has 2 heterocycles. The van der Waals surface area contributed by atoms with Crippen molar-refractivity contribution in [2.24, 2.45) is 0 Å². The third-order valence-corrected chi connectivity index (χ3v) is 3.95. The maximum Gasteiger partial charge on any atom is 0.257 e. The SMILES string of the molecule is COCCCNC(=O)c1cncc(C(=O)Nc2cccc3cccnc23)c1. The number of pyridine rings is 2. The fourth-order valence-electron chi connectivity index (χ4n) is 2.61. The summed E-state index contributed by atoms with van der Waals surface area (Å²) in [6.45, 7) is 1.06. The molecule has 7 heteroatoms. The van der Waals surface area contributed by atoms with Crippen LogP contribution in [0.2, 0.25) is 0 Å². The maximum atomic E-state index is 12.6. The number of para-hydroxylation sites is 1. The van der Waals surface area contributed by atoms with Crippen molar-refractivity contribution in [3.8, 4) is 0 Å². The van der Waals surface area contributed by atoms with Crippen molar-refractivity contribution < 1.29 is 14.3 Å². The van der Waals surface area contributed by atoms with E-state index in [9.17, 15) is 9.59 Å². The van der Waals surface area contributed by atoms with E-state index in [2.05, 4.69) is 20.6 Å². The summed E-state index contributed by atoms with van der Waals surface area (Å²) in [5.74, 6) is -0.630. The topological polar surface area (TPSA) is 93.2 Å². The average Bonchev–Trinajstić information content (AvgIpc) is 2.71. The van der Waals surface area contributed by atoms with Gasteiger partial charge >= 0.3 is 0 Å². The molecule has 0 atom stereocenters. The normalized spacial score (nSPS) is 10.6. The zero-order valence-electron chi connectivity index (χ0n) is 14.9. The number of benzene rings is 1. The lowest BCUT2D eigenvalue weighted by molar-refractivity contribution is 0.0948. The first-order chi connectivity index (χ1) is 13.2. The van der Waals surface area contributed by atoms with Crippen LogP contribution in [0.3, 0.4) is 0 Å². The molecule has 0 saturated heterocycles. The Morgan fingerprint density at radius 2 is 1.85 bits per heavy atom. The standard InChI is InChI=1S/C20H20N4O3/c1-27-10-4-9-23-19(25)15-11-16(13-21-12-15)20(26)24-17-7-2-5-14-6-3-8-22-18(14)17/h2-3,5-8,11-13H,4,9-10H2,1H3,(H,23,25)(H,24,26). The molecule has 7 nitrogen and oxygen atoms in total. The number of fused-ring (bicyclic) bond motifs is 1. The lowest BCUT2D eigenvalue weighted by atomic mass is 10.1. The molecule has 0 bridgehead atoms. The molecule has 0 aliphatic rings. The van der Waals surface area contributed by atoms with E-state index in [4.69, 9.17) is 4.74 Å². The van der Waals surface area contributed by atoms with Crippen molar-refractivity contribution in [2.45, 2.75) is 6.42 Å². The molecule has 0 radical (unpaired) electrons. The second kappa shape index (κ2) is 8.86.